The van der Waals surface area contributed by atoms with E-state index < -0.39 is 0 Å². The van der Waals surface area contributed by atoms with Gasteiger partial charge in [0.2, 0.25) is 0 Å². The van der Waals surface area contributed by atoms with Crippen LogP contribution in [-0.4, -0.2) is 5.78 Å². The number of ketones is 1. The normalized spacial score (nSPS) is 15.5. The van der Waals surface area contributed by atoms with Crippen LogP contribution in [0.15, 0.2) is 40.5 Å². The molecule has 0 saturated carbocycles. The largest absolute Gasteiger partial charge is 0.359 e. The van der Waals surface area contributed by atoms with Crippen LogP contribution >= 0.6 is 15.9 Å². The summed E-state index contributed by atoms with van der Waals surface area (Å²) in [7, 11) is 0. The van der Waals surface area contributed by atoms with Crippen LogP contribution in [0, 0.1) is 0 Å². The van der Waals surface area contributed by atoms with Gasteiger partial charge in [-0.05, 0) is 30.7 Å². The molecule has 1 aromatic rings. The number of hydrogen-bond acceptors (Lipinski definition) is 2. The second kappa shape index (κ2) is 3.96. The van der Waals surface area contributed by atoms with Crippen molar-refractivity contribution in [3.8, 4) is 0 Å². The lowest BCUT2D eigenvalue weighted by molar-refractivity contribution is -0.114. The lowest BCUT2D eigenvalue weighted by atomic mass is 10.3. The number of rotatable bonds is 2. The molecule has 2 nitrogen and oxygen atoms in total. The molecule has 0 atom stereocenters. The molecule has 0 spiro atoms. The van der Waals surface area contributed by atoms with Crippen LogP contribution in [0.5, 0.6) is 0 Å². The zero-order valence-corrected chi connectivity index (χ0v) is 9.17. The number of carbonyl (C=O) groups excluding carboxylic acids is 1. The van der Waals surface area contributed by atoms with E-state index in [1.54, 1.807) is 6.08 Å². The number of carbonyl (C=O) groups is 1. The molecule has 1 aromatic carbocycles. The quantitative estimate of drug-likeness (QED) is 0.876. The average molecular weight is 252 g/mol. The zero-order valence-electron chi connectivity index (χ0n) is 7.59. The Morgan fingerprint density at radius 1 is 1.14 bits per heavy atom. The van der Waals surface area contributed by atoms with E-state index in [4.69, 9.17) is 0 Å². The maximum Gasteiger partial charge on any atom is 0.157 e. The molecule has 2 rings (SSSR count). The molecule has 0 amide bonds. The van der Waals surface area contributed by atoms with Gasteiger partial charge in [0.1, 0.15) is 0 Å². The fraction of sp³-hybridized carbons (Fsp3) is 0.182. The molecule has 0 heterocycles. The number of allylic oxidation sites excluding steroid dienone is 2. The highest BCUT2D eigenvalue weighted by atomic mass is 79.9. The van der Waals surface area contributed by atoms with Gasteiger partial charge in [-0.2, -0.15) is 0 Å². The number of benzene rings is 1. The van der Waals surface area contributed by atoms with Gasteiger partial charge in [0.25, 0.3) is 0 Å². The minimum Gasteiger partial charge on any atom is -0.359 e. The molecule has 1 aliphatic carbocycles. The first kappa shape index (κ1) is 9.46. The van der Waals surface area contributed by atoms with E-state index in [2.05, 4.69) is 21.2 Å². The topological polar surface area (TPSA) is 29.1 Å². The summed E-state index contributed by atoms with van der Waals surface area (Å²) in [6.45, 7) is 0. The van der Waals surface area contributed by atoms with Crippen molar-refractivity contribution < 1.29 is 4.79 Å². The van der Waals surface area contributed by atoms with Gasteiger partial charge in [0.15, 0.2) is 5.78 Å². The molecule has 3 heteroatoms. The molecule has 0 aliphatic heterocycles. The summed E-state index contributed by atoms with van der Waals surface area (Å²) in [5.74, 6) is 0.213. The first-order valence-corrected chi connectivity index (χ1v) is 5.29. The molecule has 0 radical (unpaired) electrons. The lowest BCUT2D eigenvalue weighted by Gasteiger charge is -2.05. The fourth-order valence-electron chi connectivity index (χ4n) is 1.41. The van der Waals surface area contributed by atoms with E-state index in [0.29, 0.717) is 6.42 Å². The van der Waals surface area contributed by atoms with Crippen molar-refractivity contribution in [2.24, 2.45) is 0 Å². The smallest absolute Gasteiger partial charge is 0.157 e. The predicted octanol–water partition coefficient (Wildman–Crippen LogP) is 3.11. The third kappa shape index (κ3) is 2.23. The minimum atomic E-state index is 0.213. The third-order valence-electron chi connectivity index (χ3n) is 2.13. The molecule has 0 aromatic heterocycles. The van der Waals surface area contributed by atoms with Gasteiger partial charge >= 0.3 is 0 Å². The van der Waals surface area contributed by atoms with Gasteiger partial charge in [0.05, 0.1) is 0 Å². The second-order valence-corrected chi connectivity index (χ2v) is 4.18. The van der Waals surface area contributed by atoms with Crippen LogP contribution in [0.4, 0.5) is 5.69 Å². The molecule has 1 N–H and O–H groups in total. The SMILES string of the molecule is O=C1C=C(Nc2ccc(Br)cc2)CC1. The Labute approximate surface area is 91.1 Å². The summed E-state index contributed by atoms with van der Waals surface area (Å²) < 4.78 is 1.06. The molecule has 14 heavy (non-hydrogen) atoms. The number of hydrogen-bond donors (Lipinski definition) is 1. The Morgan fingerprint density at radius 3 is 2.43 bits per heavy atom. The Morgan fingerprint density at radius 2 is 1.86 bits per heavy atom. The highest BCUT2D eigenvalue weighted by Crippen LogP contribution is 2.20. The van der Waals surface area contributed by atoms with Crippen LogP contribution < -0.4 is 5.32 Å². The molecule has 0 bridgehead atoms. The van der Waals surface area contributed by atoms with Gasteiger partial charge < -0.3 is 5.32 Å². The van der Waals surface area contributed by atoms with Crippen LogP contribution in [0.1, 0.15) is 12.8 Å². The molecule has 72 valence electrons. The Bertz CT molecular complexity index is 381. The van der Waals surface area contributed by atoms with Crippen molar-refractivity contribution in [1.29, 1.82) is 0 Å². The maximum atomic E-state index is 11.0. The first-order chi connectivity index (χ1) is 6.74. The minimum absolute atomic E-state index is 0.213. The highest BCUT2D eigenvalue weighted by Gasteiger charge is 2.11. The summed E-state index contributed by atoms with van der Waals surface area (Å²) in [6, 6.07) is 7.90. The standard InChI is InChI=1S/C11H10BrNO/c12-8-1-3-9(4-2-8)13-10-5-6-11(14)7-10/h1-4,7,13H,5-6H2. The van der Waals surface area contributed by atoms with Crippen molar-refractivity contribution in [2.75, 3.05) is 5.32 Å². The predicted molar refractivity (Wildman–Crippen MR) is 60.1 cm³/mol. The Balaban J connectivity index is 2.08. The van der Waals surface area contributed by atoms with E-state index in [1.165, 1.54) is 0 Å². The van der Waals surface area contributed by atoms with E-state index in [-0.39, 0.29) is 5.78 Å². The molecule has 1 aliphatic rings. The molecular weight excluding hydrogens is 242 g/mol. The van der Waals surface area contributed by atoms with Gasteiger partial charge in [-0.15, -0.1) is 0 Å². The van der Waals surface area contributed by atoms with Crippen LogP contribution in [0.2, 0.25) is 0 Å². The summed E-state index contributed by atoms with van der Waals surface area (Å²) in [6.07, 6.45) is 3.15. The molecule has 0 saturated heterocycles. The Kier molecular flexibility index (Phi) is 2.68. The van der Waals surface area contributed by atoms with Crippen molar-refractivity contribution in [2.45, 2.75) is 12.8 Å². The van der Waals surface area contributed by atoms with Crippen molar-refractivity contribution in [3.63, 3.8) is 0 Å². The second-order valence-electron chi connectivity index (χ2n) is 3.27. The van der Waals surface area contributed by atoms with E-state index in [9.17, 15) is 4.79 Å². The van der Waals surface area contributed by atoms with Gasteiger partial charge in [-0.1, -0.05) is 15.9 Å². The molecule has 0 fully saturated rings. The molecular formula is C11H10BrNO. The first-order valence-electron chi connectivity index (χ1n) is 4.50. The maximum absolute atomic E-state index is 11.0. The van der Waals surface area contributed by atoms with Crippen LogP contribution in [0.3, 0.4) is 0 Å². The van der Waals surface area contributed by atoms with Gasteiger partial charge in [-0.25, -0.2) is 0 Å². The van der Waals surface area contributed by atoms with E-state index >= 15 is 0 Å². The summed E-state index contributed by atoms with van der Waals surface area (Å²) in [4.78, 5) is 11.0. The van der Waals surface area contributed by atoms with Crippen LogP contribution in [-0.2, 0) is 4.79 Å². The van der Waals surface area contributed by atoms with Crippen LogP contribution in [0.25, 0.3) is 0 Å². The fourth-order valence-corrected chi connectivity index (χ4v) is 1.68. The molecule has 0 unspecified atom stereocenters. The van der Waals surface area contributed by atoms with Gasteiger partial charge in [-0.3, -0.25) is 4.79 Å². The Hall–Kier alpha value is -1.09. The average Bonchev–Trinajstić information content (AvgIpc) is 2.56. The summed E-state index contributed by atoms with van der Waals surface area (Å²) in [5.41, 5.74) is 2.03. The summed E-state index contributed by atoms with van der Waals surface area (Å²) >= 11 is 3.37. The lowest BCUT2D eigenvalue weighted by Crippen LogP contribution is -1.95. The monoisotopic (exact) mass is 251 g/mol. The van der Waals surface area contributed by atoms with Gasteiger partial charge in [0, 0.05) is 28.4 Å². The van der Waals surface area contributed by atoms with Crippen molar-refractivity contribution >= 4 is 27.4 Å². The third-order valence-corrected chi connectivity index (χ3v) is 2.65. The van der Waals surface area contributed by atoms with Crippen molar-refractivity contribution in [3.05, 3.63) is 40.5 Å². The number of anilines is 1. The van der Waals surface area contributed by atoms with Crippen molar-refractivity contribution in [1.82, 2.24) is 0 Å². The highest BCUT2D eigenvalue weighted by molar-refractivity contribution is 9.10. The van der Waals surface area contributed by atoms with E-state index in [0.717, 1.165) is 22.3 Å². The number of halogens is 1. The van der Waals surface area contributed by atoms with E-state index in [1.807, 2.05) is 24.3 Å². The summed E-state index contributed by atoms with van der Waals surface area (Å²) in [5, 5.41) is 3.22. The zero-order chi connectivity index (χ0) is 9.97. The number of nitrogens with one attached hydrogen (secondary N) is 1.